The van der Waals surface area contributed by atoms with E-state index in [9.17, 15) is 10.2 Å². The third-order valence-electron chi connectivity index (χ3n) is 3.45. The molecule has 0 aromatic carbocycles. The molecule has 0 aromatic heterocycles. The van der Waals surface area contributed by atoms with Gasteiger partial charge >= 0.3 is 0 Å². The van der Waals surface area contributed by atoms with Crippen LogP contribution in [-0.2, 0) is 4.74 Å². The van der Waals surface area contributed by atoms with Crippen LogP contribution >= 0.6 is 21.6 Å². The molecule has 0 bridgehead atoms. The number of hydrogen-bond donors (Lipinski definition) is 3. The molecule has 1 aliphatic rings. The molecule has 1 saturated heterocycles. The van der Waals surface area contributed by atoms with Gasteiger partial charge in [0.15, 0.2) is 0 Å². The fourth-order valence-corrected chi connectivity index (χ4v) is 4.74. The van der Waals surface area contributed by atoms with Crippen LogP contribution < -0.4 is 0 Å². The second-order valence-electron chi connectivity index (χ2n) is 5.29. The van der Waals surface area contributed by atoms with Gasteiger partial charge in [0.25, 0.3) is 0 Å². The van der Waals surface area contributed by atoms with Crippen molar-refractivity contribution in [3.05, 3.63) is 0 Å². The summed E-state index contributed by atoms with van der Waals surface area (Å²) in [4.78, 5) is 0. The van der Waals surface area contributed by atoms with Crippen LogP contribution in [0.2, 0.25) is 0 Å². The maximum atomic E-state index is 9.86. The lowest BCUT2D eigenvalue weighted by atomic mass is 10.0. The largest absolute Gasteiger partial charge is 0.394 e. The Morgan fingerprint density at radius 2 is 1.80 bits per heavy atom. The molecule has 0 spiro atoms. The topological polar surface area (TPSA) is 69.9 Å². The Morgan fingerprint density at radius 1 is 1.10 bits per heavy atom. The minimum absolute atomic E-state index is 0.108. The van der Waals surface area contributed by atoms with E-state index in [2.05, 4.69) is 6.92 Å². The Morgan fingerprint density at radius 3 is 2.50 bits per heavy atom. The SMILES string of the molecule is CCCCCCCCSS[C@@H]1OC(CO)CC(O)C1O. The number of unbranched alkanes of at least 4 members (excludes halogenated alkanes) is 5. The zero-order chi connectivity index (χ0) is 14.8. The van der Waals surface area contributed by atoms with Crippen LogP contribution in [0.5, 0.6) is 0 Å². The molecule has 0 aromatic rings. The summed E-state index contributed by atoms with van der Waals surface area (Å²) in [6.07, 6.45) is 5.93. The molecule has 0 aliphatic carbocycles. The first-order valence-electron chi connectivity index (χ1n) is 7.59. The highest BCUT2D eigenvalue weighted by molar-refractivity contribution is 8.76. The lowest BCUT2D eigenvalue weighted by Gasteiger charge is -2.35. The Balaban J connectivity index is 2.07. The molecule has 120 valence electrons. The average molecular weight is 325 g/mol. The molecule has 0 radical (unpaired) electrons. The van der Waals surface area contributed by atoms with Crippen molar-refractivity contribution in [1.29, 1.82) is 0 Å². The second kappa shape index (κ2) is 11.2. The maximum Gasteiger partial charge on any atom is 0.141 e. The van der Waals surface area contributed by atoms with Gasteiger partial charge in [0.05, 0.1) is 18.8 Å². The van der Waals surface area contributed by atoms with Gasteiger partial charge in [-0.05, 0) is 6.42 Å². The summed E-state index contributed by atoms with van der Waals surface area (Å²) in [5.74, 6) is 1.03. The first-order chi connectivity index (χ1) is 9.69. The third-order valence-corrected chi connectivity index (χ3v) is 6.10. The molecule has 0 amide bonds. The van der Waals surface area contributed by atoms with Gasteiger partial charge in [0.2, 0.25) is 0 Å². The molecule has 3 N–H and O–H groups in total. The lowest BCUT2D eigenvalue weighted by Crippen LogP contribution is -2.47. The number of hydrogen-bond acceptors (Lipinski definition) is 6. The molecule has 1 rings (SSSR count). The van der Waals surface area contributed by atoms with Crippen LogP contribution in [-0.4, -0.2) is 51.4 Å². The Hall–Kier alpha value is 0.540. The van der Waals surface area contributed by atoms with Gasteiger partial charge in [0.1, 0.15) is 11.5 Å². The fourth-order valence-electron chi connectivity index (χ4n) is 2.17. The monoisotopic (exact) mass is 324 g/mol. The van der Waals surface area contributed by atoms with Crippen molar-refractivity contribution in [3.8, 4) is 0 Å². The summed E-state index contributed by atoms with van der Waals surface area (Å²) < 4.78 is 5.56. The highest BCUT2D eigenvalue weighted by Gasteiger charge is 2.36. The Bertz CT molecular complexity index is 243. The maximum absolute atomic E-state index is 9.86. The normalized spacial score (nSPS) is 30.6. The molecule has 4 nitrogen and oxygen atoms in total. The highest BCUT2D eigenvalue weighted by atomic mass is 33.1. The third kappa shape index (κ3) is 7.00. The first-order valence-corrected chi connectivity index (χ1v) is 9.98. The molecule has 1 fully saturated rings. The molecule has 1 aliphatic heterocycles. The quantitative estimate of drug-likeness (QED) is 0.424. The van der Waals surface area contributed by atoms with E-state index in [4.69, 9.17) is 9.84 Å². The van der Waals surface area contributed by atoms with E-state index >= 15 is 0 Å². The van der Waals surface area contributed by atoms with Gasteiger partial charge in [-0.15, -0.1) is 0 Å². The van der Waals surface area contributed by atoms with Crippen LogP contribution in [0.25, 0.3) is 0 Å². The summed E-state index contributed by atoms with van der Waals surface area (Å²) in [5.41, 5.74) is -0.444. The fraction of sp³-hybridized carbons (Fsp3) is 1.00. The van der Waals surface area contributed by atoms with Crippen molar-refractivity contribution in [1.82, 2.24) is 0 Å². The van der Waals surface area contributed by atoms with E-state index in [1.807, 2.05) is 0 Å². The minimum Gasteiger partial charge on any atom is -0.394 e. The smallest absolute Gasteiger partial charge is 0.141 e. The molecule has 3 unspecified atom stereocenters. The van der Waals surface area contributed by atoms with E-state index in [0.717, 1.165) is 5.75 Å². The van der Waals surface area contributed by atoms with Crippen molar-refractivity contribution in [3.63, 3.8) is 0 Å². The number of aliphatic hydroxyl groups excluding tert-OH is 3. The van der Waals surface area contributed by atoms with Crippen molar-refractivity contribution >= 4 is 21.6 Å². The van der Waals surface area contributed by atoms with Crippen molar-refractivity contribution < 1.29 is 20.1 Å². The molecular formula is C14H28O4S2. The van der Waals surface area contributed by atoms with Gasteiger partial charge < -0.3 is 20.1 Å². The van der Waals surface area contributed by atoms with Crippen LogP contribution in [0, 0.1) is 0 Å². The lowest BCUT2D eigenvalue weighted by molar-refractivity contribution is -0.145. The van der Waals surface area contributed by atoms with E-state index in [-0.39, 0.29) is 12.7 Å². The van der Waals surface area contributed by atoms with E-state index in [1.54, 1.807) is 10.8 Å². The van der Waals surface area contributed by atoms with Gasteiger partial charge in [-0.25, -0.2) is 0 Å². The molecule has 1 heterocycles. The standard InChI is InChI=1S/C14H28O4S2/c1-2-3-4-5-6-7-8-19-20-14-13(17)12(16)9-11(10-15)18-14/h11-17H,2-10H2,1H3/t11?,12?,13?,14-/m0/s1. The molecule has 6 heteroatoms. The summed E-state index contributed by atoms with van der Waals surface area (Å²) >= 11 is 0. The molecule has 0 saturated carbocycles. The second-order valence-corrected chi connectivity index (χ2v) is 7.87. The zero-order valence-electron chi connectivity index (χ0n) is 12.2. The first kappa shape index (κ1) is 18.6. The zero-order valence-corrected chi connectivity index (χ0v) is 13.9. The van der Waals surface area contributed by atoms with Crippen LogP contribution in [0.3, 0.4) is 0 Å². The number of rotatable bonds is 10. The molecular weight excluding hydrogens is 296 g/mol. The van der Waals surface area contributed by atoms with Crippen molar-refractivity contribution in [2.24, 2.45) is 0 Å². The van der Waals surface area contributed by atoms with E-state index in [1.165, 1.54) is 49.3 Å². The average Bonchev–Trinajstić information content (AvgIpc) is 2.45. The van der Waals surface area contributed by atoms with E-state index in [0.29, 0.717) is 6.42 Å². The van der Waals surface area contributed by atoms with Crippen LogP contribution in [0.4, 0.5) is 0 Å². The molecule has 20 heavy (non-hydrogen) atoms. The Labute approximate surface area is 130 Å². The highest BCUT2D eigenvalue weighted by Crippen LogP contribution is 2.35. The van der Waals surface area contributed by atoms with Gasteiger partial charge in [-0.1, -0.05) is 60.6 Å². The Kier molecular flexibility index (Phi) is 10.4. The van der Waals surface area contributed by atoms with Gasteiger partial charge in [-0.3, -0.25) is 0 Å². The number of aliphatic hydroxyl groups is 3. The summed E-state index contributed by atoms with van der Waals surface area (Å²) in [5, 5.41) is 28.7. The van der Waals surface area contributed by atoms with Crippen LogP contribution in [0.15, 0.2) is 0 Å². The van der Waals surface area contributed by atoms with Crippen LogP contribution in [0.1, 0.15) is 51.9 Å². The van der Waals surface area contributed by atoms with Crippen molar-refractivity contribution in [2.45, 2.75) is 75.6 Å². The summed E-state index contributed by atoms with van der Waals surface area (Å²) in [7, 11) is 3.15. The van der Waals surface area contributed by atoms with Gasteiger partial charge in [-0.2, -0.15) is 0 Å². The molecule has 4 atom stereocenters. The number of ether oxygens (including phenoxy) is 1. The van der Waals surface area contributed by atoms with Gasteiger partial charge in [0, 0.05) is 12.2 Å². The minimum atomic E-state index is -0.861. The predicted molar refractivity (Wildman–Crippen MR) is 85.8 cm³/mol. The predicted octanol–water partition coefficient (Wildman–Crippen LogP) is 2.56. The van der Waals surface area contributed by atoms with Crippen molar-refractivity contribution in [2.75, 3.05) is 12.4 Å². The summed E-state index contributed by atoms with van der Waals surface area (Å²) in [6.45, 7) is 2.11. The summed E-state index contributed by atoms with van der Waals surface area (Å²) in [6, 6.07) is 0. The van der Waals surface area contributed by atoms with E-state index < -0.39 is 17.6 Å².